The fourth-order valence-electron chi connectivity index (χ4n) is 3.69. The fraction of sp³-hybridized carbons (Fsp3) is 0.650. The van der Waals surface area contributed by atoms with Crippen molar-refractivity contribution < 1.29 is 31.5 Å². The third-order valence-corrected chi connectivity index (χ3v) is 6.48. The number of hydrogen-bond donors (Lipinski definition) is 2. The molecule has 0 aromatic carbocycles. The van der Waals surface area contributed by atoms with Gasteiger partial charge < -0.3 is 14.8 Å². The van der Waals surface area contributed by atoms with Crippen LogP contribution in [0.3, 0.4) is 0 Å². The molecule has 0 saturated carbocycles. The molecule has 190 valence electrons. The highest BCUT2D eigenvalue weighted by Crippen LogP contribution is 2.34. The quantitative estimate of drug-likeness (QED) is 0.565. The second-order valence-electron chi connectivity index (χ2n) is 8.91. The van der Waals surface area contributed by atoms with Crippen LogP contribution < -0.4 is 14.8 Å². The van der Waals surface area contributed by atoms with E-state index in [4.69, 9.17) is 9.47 Å². The first-order valence-electron chi connectivity index (χ1n) is 10.8. The SMILES string of the molecule is COC1COc2c(S(=O)(=O)NC(=O)Nc3c(C(C)C)nn(CC(C)(F)F)c3C(C)C)cnn2C1. The zero-order chi connectivity index (χ0) is 25.4. The Morgan fingerprint density at radius 2 is 2.00 bits per heavy atom. The van der Waals surface area contributed by atoms with Crippen LogP contribution in [-0.4, -0.2) is 59.8 Å². The van der Waals surface area contributed by atoms with Gasteiger partial charge >= 0.3 is 6.03 Å². The minimum absolute atomic E-state index is 0.00247. The summed E-state index contributed by atoms with van der Waals surface area (Å²) < 4.78 is 68.4. The number of amides is 2. The van der Waals surface area contributed by atoms with Crippen LogP contribution in [0, 0.1) is 0 Å². The lowest BCUT2D eigenvalue weighted by atomic mass is 10.0. The van der Waals surface area contributed by atoms with Crippen LogP contribution in [0.4, 0.5) is 19.3 Å². The number of urea groups is 1. The van der Waals surface area contributed by atoms with Crippen molar-refractivity contribution in [3.63, 3.8) is 0 Å². The predicted molar refractivity (Wildman–Crippen MR) is 119 cm³/mol. The Morgan fingerprint density at radius 3 is 2.56 bits per heavy atom. The van der Waals surface area contributed by atoms with Crippen molar-refractivity contribution in [2.24, 2.45) is 0 Å². The zero-order valence-electron chi connectivity index (χ0n) is 19.9. The summed E-state index contributed by atoms with van der Waals surface area (Å²) >= 11 is 0. The molecule has 3 rings (SSSR count). The largest absolute Gasteiger partial charge is 0.474 e. The molecule has 3 heterocycles. The molecular formula is C20H30F2N6O5S. The normalized spacial score (nSPS) is 16.5. The van der Waals surface area contributed by atoms with E-state index in [0.717, 1.165) is 17.8 Å². The Morgan fingerprint density at radius 1 is 1.32 bits per heavy atom. The van der Waals surface area contributed by atoms with Crippen molar-refractivity contribution in [2.45, 2.75) is 76.5 Å². The molecule has 2 aromatic heterocycles. The van der Waals surface area contributed by atoms with Crippen LogP contribution in [0.5, 0.6) is 5.88 Å². The number of halogens is 2. The van der Waals surface area contributed by atoms with Gasteiger partial charge in [0.2, 0.25) is 5.88 Å². The molecule has 0 aliphatic carbocycles. The Balaban J connectivity index is 1.88. The van der Waals surface area contributed by atoms with Crippen molar-refractivity contribution in [3.05, 3.63) is 17.6 Å². The number of anilines is 1. The van der Waals surface area contributed by atoms with E-state index >= 15 is 0 Å². The minimum Gasteiger partial charge on any atom is -0.474 e. The van der Waals surface area contributed by atoms with Gasteiger partial charge in [-0.05, 0) is 11.8 Å². The number of carbonyl (C=O) groups is 1. The van der Waals surface area contributed by atoms with Crippen LogP contribution in [0.2, 0.25) is 0 Å². The monoisotopic (exact) mass is 504 g/mol. The summed E-state index contributed by atoms with van der Waals surface area (Å²) in [4.78, 5) is 12.5. The number of nitrogens with one attached hydrogen (secondary N) is 2. The number of fused-ring (bicyclic) bond motifs is 1. The molecule has 2 N–H and O–H groups in total. The third-order valence-electron chi connectivity index (χ3n) is 5.17. The van der Waals surface area contributed by atoms with Gasteiger partial charge in [-0.25, -0.2) is 31.4 Å². The van der Waals surface area contributed by atoms with E-state index in [2.05, 4.69) is 15.5 Å². The van der Waals surface area contributed by atoms with E-state index in [0.29, 0.717) is 17.9 Å². The van der Waals surface area contributed by atoms with Crippen LogP contribution in [0.15, 0.2) is 11.1 Å². The molecule has 0 radical (unpaired) electrons. The number of methoxy groups -OCH3 is 1. The van der Waals surface area contributed by atoms with E-state index < -0.39 is 28.5 Å². The summed E-state index contributed by atoms with van der Waals surface area (Å²) in [5, 5.41) is 10.8. The van der Waals surface area contributed by atoms with Gasteiger partial charge in [0.05, 0.1) is 29.8 Å². The van der Waals surface area contributed by atoms with E-state index in [1.807, 2.05) is 4.72 Å². The van der Waals surface area contributed by atoms with Crippen molar-refractivity contribution in [3.8, 4) is 5.88 Å². The third kappa shape index (κ3) is 5.49. The van der Waals surface area contributed by atoms with Crippen LogP contribution in [-0.2, 0) is 27.8 Å². The highest BCUT2D eigenvalue weighted by Gasteiger charge is 2.33. The molecule has 2 aromatic rings. The molecule has 1 unspecified atom stereocenters. The van der Waals surface area contributed by atoms with Gasteiger partial charge in [-0.15, -0.1) is 0 Å². The van der Waals surface area contributed by atoms with Crippen molar-refractivity contribution in [1.29, 1.82) is 0 Å². The summed E-state index contributed by atoms with van der Waals surface area (Å²) in [7, 11) is -2.84. The Bertz CT molecular complexity index is 1150. The first-order chi connectivity index (χ1) is 15.7. The summed E-state index contributed by atoms with van der Waals surface area (Å²) in [5.74, 6) is -3.53. The minimum atomic E-state index is -4.35. The second-order valence-corrected chi connectivity index (χ2v) is 10.6. The van der Waals surface area contributed by atoms with Gasteiger partial charge in [-0.3, -0.25) is 4.68 Å². The van der Waals surface area contributed by atoms with Gasteiger partial charge in [0.25, 0.3) is 15.9 Å². The van der Waals surface area contributed by atoms with Crippen LogP contribution in [0.25, 0.3) is 0 Å². The highest BCUT2D eigenvalue weighted by atomic mass is 32.2. The Kier molecular flexibility index (Phi) is 7.22. The lowest BCUT2D eigenvalue weighted by molar-refractivity contribution is -0.000453. The van der Waals surface area contributed by atoms with Gasteiger partial charge in [0, 0.05) is 14.0 Å². The first-order valence-corrected chi connectivity index (χ1v) is 12.3. The molecule has 1 aliphatic heterocycles. The van der Waals surface area contributed by atoms with Crippen LogP contribution >= 0.6 is 0 Å². The van der Waals surface area contributed by atoms with Crippen molar-refractivity contribution >= 4 is 21.7 Å². The highest BCUT2D eigenvalue weighted by molar-refractivity contribution is 7.90. The Labute approximate surface area is 196 Å². The molecule has 2 amide bonds. The average Bonchev–Trinajstić information content (AvgIpc) is 3.27. The molecule has 1 aliphatic rings. The molecular weight excluding hydrogens is 474 g/mol. The number of sulfonamides is 1. The molecule has 1 atom stereocenters. The average molecular weight is 505 g/mol. The summed E-state index contributed by atoms with van der Waals surface area (Å²) in [6.07, 6.45) is 0.804. The second kappa shape index (κ2) is 9.49. The lowest BCUT2D eigenvalue weighted by Crippen LogP contribution is -2.36. The summed E-state index contributed by atoms with van der Waals surface area (Å²) in [6, 6.07) is -1.06. The predicted octanol–water partition coefficient (Wildman–Crippen LogP) is 2.90. The smallest absolute Gasteiger partial charge is 0.333 e. The molecule has 14 heteroatoms. The van der Waals surface area contributed by atoms with E-state index in [1.165, 1.54) is 11.8 Å². The number of alkyl halides is 2. The molecule has 0 saturated heterocycles. The maximum Gasteiger partial charge on any atom is 0.333 e. The zero-order valence-corrected chi connectivity index (χ0v) is 20.7. The van der Waals surface area contributed by atoms with Gasteiger partial charge in [-0.1, -0.05) is 27.7 Å². The maximum atomic E-state index is 13.8. The Hall–Kier alpha value is -2.74. The number of rotatable bonds is 8. The molecule has 34 heavy (non-hydrogen) atoms. The number of aromatic nitrogens is 4. The number of hydrogen-bond acceptors (Lipinski definition) is 7. The number of nitrogens with zero attached hydrogens (tertiary/aromatic N) is 4. The lowest BCUT2D eigenvalue weighted by Gasteiger charge is -2.23. The first kappa shape index (κ1) is 25.9. The number of ether oxygens (including phenoxy) is 2. The van der Waals surface area contributed by atoms with Gasteiger partial charge in [-0.2, -0.15) is 10.2 Å². The van der Waals surface area contributed by atoms with E-state index in [9.17, 15) is 22.0 Å². The maximum absolute atomic E-state index is 13.8. The van der Waals surface area contributed by atoms with Gasteiger partial charge in [0.15, 0.2) is 4.90 Å². The molecule has 11 nitrogen and oxygen atoms in total. The van der Waals surface area contributed by atoms with E-state index in [1.54, 1.807) is 27.7 Å². The van der Waals surface area contributed by atoms with Crippen molar-refractivity contribution in [1.82, 2.24) is 24.3 Å². The van der Waals surface area contributed by atoms with Gasteiger partial charge in [0.1, 0.15) is 19.3 Å². The fourth-order valence-corrected chi connectivity index (χ4v) is 4.67. The summed E-state index contributed by atoms with van der Waals surface area (Å²) in [6.45, 7) is 7.67. The molecule has 0 bridgehead atoms. The molecule has 0 spiro atoms. The van der Waals surface area contributed by atoms with E-state index in [-0.39, 0.29) is 41.0 Å². The topological polar surface area (TPSA) is 129 Å². The van der Waals surface area contributed by atoms with Crippen LogP contribution in [0.1, 0.15) is 57.8 Å². The summed E-state index contributed by atoms with van der Waals surface area (Å²) in [5.41, 5.74) is 0.949. The number of carbonyl (C=O) groups excluding carboxylic acids is 1. The molecule has 0 fully saturated rings. The standard InChI is InChI=1S/C20H30F2N6O5S/c1-11(2)15-16(17(12(3)4)28(25-15)10-20(5,21)22)24-19(29)26-34(30,31)14-7-23-27-8-13(32-6)9-33-18(14)27/h7,11-13H,8-10H2,1-6H3,(H2,24,26,29). The van der Waals surface area contributed by atoms with Crippen molar-refractivity contribution in [2.75, 3.05) is 19.0 Å².